The van der Waals surface area contributed by atoms with Gasteiger partial charge in [0.2, 0.25) is 0 Å². The van der Waals surface area contributed by atoms with Gasteiger partial charge >= 0.3 is 0 Å². The molecule has 23 heavy (non-hydrogen) atoms. The predicted molar refractivity (Wildman–Crippen MR) is 88.8 cm³/mol. The number of piperidine rings is 1. The Hall–Kier alpha value is -1.82. The average Bonchev–Trinajstić information content (AvgIpc) is 2.98. The second-order valence-corrected chi connectivity index (χ2v) is 6.56. The first kappa shape index (κ1) is 16.1. The van der Waals surface area contributed by atoms with E-state index in [1.54, 1.807) is 0 Å². The zero-order valence-electron chi connectivity index (χ0n) is 14.1. The molecular formula is C17H26N6. The molecular weight excluding hydrogens is 288 g/mol. The molecule has 1 aliphatic rings. The highest BCUT2D eigenvalue weighted by Gasteiger charge is 2.21. The standard InChI is InChI=1S/C17H26N6/c1-3-5-17-13-23(21-20-17)12-15-6-4-7-22(10-15)11-16-8-18-14(2)19-9-16/h8-9,13,15H,3-7,10-12H2,1-2H3. The monoisotopic (exact) mass is 314 g/mol. The number of hydrogen-bond acceptors (Lipinski definition) is 5. The van der Waals surface area contributed by atoms with Gasteiger partial charge in [-0.05, 0) is 38.6 Å². The Morgan fingerprint density at radius 2 is 2.09 bits per heavy atom. The van der Waals surface area contributed by atoms with Crippen LogP contribution in [-0.2, 0) is 19.5 Å². The van der Waals surface area contributed by atoms with Crippen LogP contribution in [0.25, 0.3) is 0 Å². The smallest absolute Gasteiger partial charge is 0.125 e. The van der Waals surface area contributed by atoms with Gasteiger partial charge in [0.15, 0.2) is 0 Å². The quantitative estimate of drug-likeness (QED) is 0.818. The van der Waals surface area contributed by atoms with E-state index in [0.29, 0.717) is 5.92 Å². The summed E-state index contributed by atoms with van der Waals surface area (Å²) in [5.41, 5.74) is 2.30. The van der Waals surface area contributed by atoms with Crippen LogP contribution in [0.1, 0.15) is 43.3 Å². The van der Waals surface area contributed by atoms with Crippen molar-refractivity contribution in [1.29, 1.82) is 0 Å². The topological polar surface area (TPSA) is 59.7 Å². The largest absolute Gasteiger partial charge is 0.299 e. The summed E-state index contributed by atoms with van der Waals surface area (Å²) in [4.78, 5) is 11.1. The summed E-state index contributed by atoms with van der Waals surface area (Å²) in [7, 11) is 0. The molecule has 3 rings (SSSR count). The zero-order valence-corrected chi connectivity index (χ0v) is 14.1. The Bertz CT molecular complexity index is 606. The molecule has 6 heteroatoms. The average molecular weight is 314 g/mol. The Morgan fingerprint density at radius 3 is 2.87 bits per heavy atom. The highest BCUT2D eigenvalue weighted by Crippen LogP contribution is 2.19. The fourth-order valence-corrected chi connectivity index (χ4v) is 3.27. The van der Waals surface area contributed by atoms with Crippen LogP contribution in [0.4, 0.5) is 0 Å². The SMILES string of the molecule is CCCc1cn(CC2CCCN(Cc3cnc(C)nc3)C2)nn1. The van der Waals surface area contributed by atoms with Crippen molar-refractivity contribution in [3.8, 4) is 0 Å². The molecule has 1 saturated heterocycles. The van der Waals surface area contributed by atoms with Crippen LogP contribution >= 0.6 is 0 Å². The summed E-state index contributed by atoms with van der Waals surface area (Å²) in [6.45, 7) is 8.27. The van der Waals surface area contributed by atoms with Gasteiger partial charge in [0.05, 0.1) is 5.69 Å². The van der Waals surface area contributed by atoms with Gasteiger partial charge in [0.25, 0.3) is 0 Å². The molecule has 3 heterocycles. The van der Waals surface area contributed by atoms with Crippen LogP contribution in [0.15, 0.2) is 18.6 Å². The third-order valence-corrected chi connectivity index (χ3v) is 4.38. The molecule has 0 amide bonds. The maximum atomic E-state index is 4.29. The lowest BCUT2D eigenvalue weighted by Crippen LogP contribution is -2.36. The van der Waals surface area contributed by atoms with Crippen molar-refractivity contribution in [2.45, 2.75) is 52.6 Å². The second kappa shape index (κ2) is 7.64. The van der Waals surface area contributed by atoms with Crippen LogP contribution in [0, 0.1) is 12.8 Å². The van der Waals surface area contributed by atoms with Crippen LogP contribution < -0.4 is 0 Å². The lowest BCUT2D eigenvalue weighted by molar-refractivity contribution is 0.152. The van der Waals surface area contributed by atoms with E-state index < -0.39 is 0 Å². The Balaban J connectivity index is 1.54. The molecule has 1 aliphatic heterocycles. The van der Waals surface area contributed by atoms with E-state index in [1.165, 1.54) is 18.4 Å². The van der Waals surface area contributed by atoms with Crippen LogP contribution in [0.2, 0.25) is 0 Å². The zero-order chi connectivity index (χ0) is 16.1. The van der Waals surface area contributed by atoms with Crippen molar-refractivity contribution in [2.75, 3.05) is 13.1 Å². The Morgan fingerprint density at radius 1 is 1.26 bits per heavy atom. The summed E-state index contributed by atoms with van der Waals surface area (Å²) in [5, 5.41) is 8.53. The fraction of sp³-hybridized carbons (Fsp3) is 0.647. The second-order valence-electron chi connectivity index (χ2n) is 6.56. The summed E-state index contributed by atoms with van der Waals surface area (Å²) >= 11 is 0. The highest BCUT2D eigenvalue weighted by molar-refractivity contribution is 5.04. The molecule has 0 saturated carbocycles. The van der Waals surface area contributed by atoms with Crippen molar-refractivity contribution < 1.29 is 0 Å². The predicted octanol–water partition coefficient (Wildman–Crippen LogP) is 2.24. The van der Waals surface area contributed by atoms with Crippen LogP contribution in [-0.4, -0.2) is 43.0 Å². The van der Waals surface area contributed by atoms with Gasteiger partial charge in [0.1, 0.15) is 5.82 Å². The van der Waals surface area contributed by atoms with Gasteiger partial charge < -0.3 is 0 Å². The molecule has 0 radical (unpaired) electrons. The minimum absolute atomic E-state index is 0.645. The number of nitrogens with zero attached hydrogens (tertiary/aromatic N) is 6. The van der Waals surface area contributed by atoms with E-state index in [2.05, 4.69) is 38.3 Å². The summed E-state index contributed by atoms with van der Waals surface area (Å²) < 4.78 is 2.02. The van der Waals surface area contributed by atoms with E-state index in [0.717, 1.165) is 50.5 Å². The van der Waals surface area contributed by atoms with Crippen LogP contribution in [0.5, 0.6) is 0 Å². The number of aromatic nitrogens is 5. The number of rotatable bonds is 6. The molecule has 2 aromatic rings. The first-order valence-corrected chi connectivity index (χ1v) is 8.62. The van der Waals surface area contributed by atoms with Crippen molar-refractivity contribution in [1.82, 2.24) is 29.9 Å². The van der Waals surface area contributed by atoms with Gasteiger partial charge in [-0.3, -0.25) is 9.58 Å². The third kappa shape index (κ3) is 4.58. The Labute approximate surface area is 137 Å². The van der Waals surface area contributed by atoms with E-state index >= 15 is 0 Å². The molecule has 6 nitrogen and oxygen atoms in total. The van der Waals surface area contributed by atoms with E-state index in [4.69, 9.17) is 0 Å². The first-order valence-electron chi connectivity index (χ1n) is 8.62. The number of aryl methyl sites for hydroxylation is 2. The maximum absolute atomic E-state index is 4.29. The lowest BCUT2D eigenvalue weighted by atomic mass is 9.98. The maximum Gasteiger partial charge on any atom is 0.125 e. The molecule has 0 bridgehead atoms. The molecule has 1 atom stereocenters. The molecule has 0 spiro atoms. The van der Waals surface area contributed by atoms with Gasteiger partial charge in [-0.2, -0.15) is 0 Å². The van der Waals surface area contributed by atoms with E-state index in [9.17, 15) is 0 Å². The van der Waals surface area contributed by atoms with Gasteiger partial charge in [-0.25, -0.2) is 9.97 Å². The number of likely N-dealkylation sites (tertiary alicyclic amines) is 1. The molecule has 2 aromatic heterocycles. The van der Waals surface area contributed by atoms with Crippen molar-refractivity contribution in [2.24, 2.45) is 5.92 Å². The van der Waals surface area contributed by atoms with E-state index in [1.807, 2.05) is 24.0 Å². The van der Waals surface area contributed by atoms with Crippen molar-refractivity contribution >= 4 is 0 Å². The first-order chi connectivity index (χ1) is 11.2. The third-order valence-electron chi connectivity index (χ3n) is 4.38. The number of hydrogen-bond donors (Lipinski definition) is 0. The summed E-state index contributed by atoms with van der Waals surface area (Å²) in [6.07, 6.45) is 10.6. The molecule has 0 aliphatic carbocycles. The molecule has 0 N–H and O–H groups in total. The molecule has 1 fully saturated rings. The summed E-state index contributed by atoms with van der Waals surface area (Å²) in [5.74, 6) is 1.48. The van der Waals surface area contributed by atoms with Gasteiger partial charge in [0, 0.05) is 43.8 Å². The molecule has 0 aromatic carbocycles. The lowest BCUT2D eigenvalue weighted by Gasteiger charge is -2.32. The highest BCUT2D eigenvalue weighted by atomic mass is 15.4. The van der Waals surface area contributed by atoms with Crippen molar-refractivity contribution in [3.63, 3.8) is 0 Å². The van der Waals surface area contributed by atoms with Crippen molar-refractivity contribution in [3.05, 3.63) is 35.7 Å². The van der Waals surface area contributed by atoms with E-state index in [-0.39, 0.29) is 0 Å². The Kier molecular flexibility index (Phi) is 5.33. The minimum Gasteiger partial charge on any atom is -0.299 e. The molecule has 124 valence electrons. The van der Waals surface area contributed by atoms with Gasteiger partial charge in [-0.1, -0.05) is 18.6 Å². The fourth-order valence-electron chi connectivity index (χ4n) is 3.27. The normalized spacial score (nSPS) is 19.1. The van der Waals surface area contributed by atoms with Crippen LogP contribution in [0.3, 0.4) is 0 Å². The minimum atomic E-state index is 0.645. The summed E-state index contributed by atoms with van der Waals surface area (Å²) in [6, 6.07) is 0. The van der Waals surface area contributed by atoms with Gasteiger partial charge in [-0.15, -0.1) is 5.10 Å². The molecule has 1 unspecified atom stereocenters.